The van der Waals surface area contributed by atoms with E-state index >= 15 is 0 Å². The molecule has 1 aliphatic carbocycles. The summed E-state index contributed by atoms with van der Waals surface area (Å²) in [4.78, 5) is 14.3. The molecular weight excluding hydrogens is 293 g/mol. The van der Waals surface area contributed by atoms with Gasteiger partial charge in [-0.3, -0.25) is 4.79 Å². The molecule has 114 valence electrons. The van der Waals surface area contributed by atoms with E-state index in [2.05, 4.69) is 0 Å². The Bertz CT molecular complexity index is 537. The van der Waals surface area contributed by atoms with Gasteiger partial charge in [-0.15, -0.1) is 0 Å². The minimum Gasteiger partial charge on any atom is -0.381 e. The number of carbonyl (C=O) groups is 1. The Morgan fingerprint density at radius 1 is 1.38 bits per heavy atom. The maximum absolute atomic E-state index is 13.1. The summed E-state index contributed by atoms with van der Waals surface area (Å²) in [5.41, 5.74) is 0.762. The largest absolute Gasteiger partial charge is 0.381 e. The van der Waals surface area contributed by atoms with Crippen LogP contribution < -0.4 is 0 Å². The van der Waals surface area contributed by atoms with Gasteiger partial charge in [-0.1, -0.05) is 17.7 Å². The van der Waals surface area contributed by atoms with Crippen molar-refractivity contribution in [1.29, 1.82) is 0 Å². The molecule has 1 saturated carbocycles. The molecule has 2 fully saturated rings. The molecule has 21 heavy (non-hydrogen) atoms. The Morgan fingerprint density at radius 2 is 2.05 bits per heavy atom. The van der Waals surface area contributed by atoms with Crippen LogP contribution in [0.3, 0.4) is 0 Å². The molecule has 3 atom stereocenters. The number of rotatable bonds is 3. The van der Waals surface area contributed by atoms with Crippen LogP contribution in [0.5, 0.6) is 0 Å². The lowest BCUT2D eigenvalue weighted by molar-refractivity contribution is -0.129. The lowest BCUT2D eigenvalue weighted by atomic mass is 10.0. The van der Waals surface area contributed by atoms with E-state index in [-0.39, 0.29) is 17.4 Å². The van der Waals surface area contributed by atoms with Gasteiger partial charge in [0.15, 0.2) is 0 Å². The number of carbonyl (C=O) groups excluding carboxylic acids is 1. The molecule has 0 N–H and O–H groups in total. The van der Waals surface area contributed by atoms with Gasteiger partial charge in [-0.05, 0) is 42.4 Å². The summed E-state index contributed by atoms with van der Waals surface area (Å²) in [5, 5.41) is 0.0709. The first-order chi connectivity index (χ1) is 10.1. The molecule has 0 aromatic heterocycles. The van der Waals surface area contributed by atoms with E-state index < -0.39 is 5.82 Å². The van der Waals surface area contributed by atoms with Gasteiger partial charge in [0, 0.05) is 20.2 Å². The second-order valence-electron chi connectivity index (χ2n) is 6.07. The Kier molecular flexibility index (Phi) is 4.18. The van der Waals surface area contributed by atoms with Gasteiger partial charge < -0.3 is 9.64 Å². The number of hydrogen-bond donors (Lipinski definition) is 0. The third-order valence-electron chi connectivity index (χ3n) is 4.73. The van der Waals surface area contributed by atoms with Crippen LogP contribution in [0.1, 0.15) is 18.4 Å². The summed E-state index contributed by atoms with van der Waals surface area (Å²) in [7, 11) is 1.76. The van der Waals surface area contributed by atoms with Crippen molar-refractivity contribution in [2.75, 3.05) is 20.2 Å². The molecule has 3 rings (SSSR count). The highest BCUT2D eigenvalue weighted by atomic mass is 35.5. The van der Waals surface area contributed by atoms with Crippen LogP contribution >= 0.6 is 11.6 Å². The normalized spacial score (nSPS) is 28.0. The zero-order valence-corrected chi connectivity index (χ0v) is 12.8. The molecule has 0 spiro atoms. The summed E-state index contributed by atoms with van der Waals surface area (Å²) in [5.74, 6) is 0.779. The maximum Gasteiger partial charge on any atom is 0.227 e. The molecule has 1 saturated heterocycles. The number of fused-ring (bicyclic) bond motifs is 1. The first kappa shape index (κ1) is 14.8. The lowest BCUT2D eigenvalue weighted by Gasteiger charge is -2.19. The Morgan fingerprint density at radius 3 is 2.62 bits per heavy atom. The molecule has 1 unspecified atom stereocenters. The minimum atomic E-state index is -0.450. The second-order valence-corrected chi connectivity index (χ2v) is 6.48. The number of nitrogens with zero attached hydrogens (tertiary/aromatic N) is 1. The monoisotopic (exact) mass is 311 g/mol. The quantitative estimate of drug-likeness (QED) is 0.859. The number of amides is 1. The molecule has 1 aliphatic heterocycles. The van der Waals surface area contributed by atoms with Gasteiger partial charge in [0.2, 0.25) is 5.91 Å². The van der Waals surface area contributed by atoms with E-state index in [1.165, 1.54) is 12.1 Å². The highest BCUT2D eigenvalue weighted by molar-refractivity contribution is 6.30. The topological polar surface area (TPSA) is 29.5 Å². The van der Waals surface area contributed by atoms with E-state index in [1.54, 1.807) is 13.2 Å². The SMILES string of the molecule is COC1C[C@@H]2CN(C(=O)Cc3ccc(F)c(Cl)c3)C[C@@H]2C1. The fourth-order valence-corrected chi connectivity index (χ4v) is 3.78. The van der Waals surface area contributed by atoms with Crippen molar-refractivity contribution in [3.05, 3.63) is 34.6 Å². The number of benzene rings is 1. The molecule has 0 bridgehead atoms. The fourth-order valence-electron chi connectivity index (χ4n) is 3.58. The van der Waals surface area contributed by atoms with Crippen LogP contribution in [-0.2, 0) is 16.0 Å². The summed E-state index contributed by atoms with van der Waals surface area (Å²) in [6.07, 6.45) is 2.74. The van der Waals surface area contributed by atoms with Crippen LogP contribution in [0, 0.1) is 17.7 Å². The summed E-state index contributed by atoms with van der Waals surface area (Å²) in [6.45, 7) is 1.64. The van der Waals surface area contributed by atoms with Crippen LogP contribution in [0.15, 0.2) is 18.2 Å². The first-order valence-electron chi connectivity index (χ1n) is 7.31. The summed E-state index contributed by atoms with van der Waals surface area (Å²) in [6, 6.07) is 4.47. The molecule has 2 aliphatic rings. The van der Waals surface area contributed by atoms with Crippen LogP contribution in [0.4, 0.5) is 4.39 Å². The summed E-state index contributed by atoms with van der Waals surface area (Å²) >= 11 is 5.75. The van der Waals surface area contributed by atoms with Gasteiger partial charge in [0.25, 0.3) is 0 Å². The molecule has 1 amide bonds. The second kappa shape index (κ2) is 5.93. The van der Waals surface area contributed by atoms with Gasteiger partial charge >= 0.3 is 0 Å². The average Bonchev–Trinajstić information content (AvgIpc) is 3.00. The Balaban J connectivity index is 1.59. The van der Waals surface area contributed by atoms with Crippen LogP contribution in [0.25, 0.3) is 0 Å². The Labute approximate surface area is 129 Å². The van der Waals surface area contributed by atoms with Crippen molar-refractivity contribution < 1.29 is 13.9 Å². The van der Waals surface area contributed by atoms with Crippen molar-refractivity contribution in [3.63, 3.8) is 0 Å². The maximum atomic E-state index is 13.1. The van der Waals surface area contributed by atoms with E-state index in [1.807, 2.05) is 4.90 Å². The van der Waals surface area contributed by atoms with E-state index in [0.29, 0.717) is 17.9 Å². The van der Waals surface area contributed by atoms with Crippen molar-refractivity contribution in [1.82, 2.24) is 4.90 Å². The molecule has 1 heterocycles. The lowest BCUT2D eigenvalue weighted by Crippen LogP contribution is -2.31. The van der Waals surface area contributed by atoms with E-state index in [9.17, 15) is 9.18 Å². The zero-order valence-electron chi connectivity index (χ0n) is 12.0. The van der Waals surface area contributed by atoms with Gasteiger partial charge in [0.05, 0.1) is 17.5 Å². The zero-order chi connectivity index (χ0) is 15.0. The number of halogens is 2. The van der Waals surface area contributed by atoms with Crippen molar-refractivity contribution in [2.45, 2.75) is 25.4 Å². The molecule has 5 heteroatoms. The average molecular weight is 312 g/mol. The van der Waals surface area contributed by atoms with Crippen molar-refractivity contribution >= 4 is 17.5 Å². The fraction of sp³-hybridized carbons (Fsp3) is 0.562. The molecule has 3 nitrogen and oxygen atoms in total. The first-order valence-corrected chi connectivity index (χ1v) is 7.69. The standard InChI is InChI=1S/C16H19ClFNO2/c1-21-13-6-11-8-19(9-12(11)7-13)16(20)5-10-2-3-15(18)14(17)4-10/h2-4,11-13H,5-9H2,1H3/t11-,12+,13?. The number of methoxy groups -OCH3 is 1. The molecule has 0 radical (unpaired) electrons. The van der Waals surface area contributed by atoms with Crippen molar-refractivity contribution in [3.8, 4) is 0 Å². The smallest absolute Gasteiger partial charge is 0.227 e. The summed E-state index contributed by atoms with van der Waals surface area (Å²) < 4.78 is 18.5. The Hall–Kier alpha value is -1.13. The van der Waals surface area contributed by atoms with E-state index in [0.717, 1.165) is 31.5 Å². The van der Waals surface area contributed by atoms with Gasteiger partial charge in [-0.25, -0.2) is 4.39 Å². The van der Waals surface area contributed by atoms with Crippen LogP contribution in [-0.4, -0.2) is 37.1 Å². The third-order valence-corrected chi connectivity index (χ3v) is 5.02. The molecule has 1 aromatic carbocycles. The molecular formula is C16H19ClFNO2. The van der Waals surface area contributed by atoms with Gasteiger partial charge in [0.1, 0.15) is 5.82 Å². The van der Waals surface area contributed by atoms with Gasteiger partial charge in [-0.2, -0.15) is 0 Å². The number of likely N-dealkylation sites (tertiary alicyclic amines) is 1. The third kappa shape index (κ3) is 3.06. The van der Waals surface area contributed by atoms with Crippen LogP contribution in [0.2, 0.25) is 5.02 Å². The minimum absolute atomic E-state index is 0.0709. The molecule has 1 aromatic rings. The predicted octanol–water partition coefficient (Wildman–Crippen LogP) is 2.91. The highest BCUT2D eigenvalue weighted by Crippen LogP contribution is 2.39. The number of ether oxygens (including phenoxy) is 1. The van der Waals surface area contributed by atoms with E-state index in [4.69, 9.17) is 16.3 Å². The predicted molar refractivity (Wildman–Crippen MR) is 78.7 cm³/mol. The highest BCUT2D eigenvalue weighted by Gasteiger charge is 2.42. The number of hydrogen-bond acceptors (Lipinski definition) is 2. The van der Waals surface area contributed by atoms with Crippen molar-refractivity contribution in [2.24, 2.45) is 11.8 Å².